The van der Waals surface area contributed by atoms with Gasteiger partial charge in [-0.05, 0) is 34.7 Å². The van der Waals surface area contributed by atoms with Crippen LogP contribution in [0, 0.1) is 0 Å². The highest BCUT2D eigenvalue weighted by atomic mass is 35.5. The molecule has 120 valence electrons. The summed E-state index contributed by atoms with van der Waals surface area (Å²) in [6.45, 7) is 0.192. The number of rotatable bonds is 6. The molecule has 0 aliphatic heterocycles. The predicted molar refractivity (Wildman–Crippen MR) is 82.3 cm³/mol. The Morgan fingerprint density at radius 3 is 2.70 bits per heavy atom. The summed E-state index contributed by atoms with van der Waals surface area (Å²) in [4.78, 5) is 4.20. The van der Waals surface area contributed by atoms with Crippen LogP contribution >= 0.6 is 11.6 Å². The normalized spacial score (nSPS) is 11.7. The molecule has 0 N–H and O–H groups in total. The van der Waals surface area contributed by atoms with E-state index in [1.165, 1.54) is 17.3 Å². The Bertz CT molecular complexity index is 875. The van der Waals surface area contributed by atoms with Gasteiger partial charge in [0.1, 0.15) is 12.6 Å². The van der Waals surface area contributed by atoms with Crippen molar-refractivity contribution >= 4 is 21.4 Å². The minimum absolute atomic E-state index is 0.0822. The van der Waals surface area contributed by atoms with Crippen LogP contribution in [0.5, 0.6) is 0 Å². The highest BCUT2D eigenvalue weighted by molar-refractivity contribution is 7.90. The maximum Gasteiger partial charge on any atom is 0.226 e. The molecule has 0 saturated carbocycles. The number of nitrogens with zero attached hydrogens (tertiary/aromatic N) is 5. The molecule has 0 atom stereocenters. The molecular weight excluding hydrogens is 342 g/mol. The Hall–Kier alpha value is -2.26. The van der Waals surface area contributed by atoms with Gasteiger partial charge in [0, 0.05) is 10.6 Å². The molecule has 1 aromatic carbocycles. The van der Waals surface area contributed by atoms with E-state index in [2.05, 4.69) is 20.5 Å². The van der Waals surface area contributed by atoms with Gasteiger partial charge in [0.05, 0.1) is 23.7 Å². The van der Waals surface area contributed by atoms with Crippen molar-refractivity contribution in [2.24, 2.45) is 0 Å². The van der Waals surface area contributed by atoms with E-state index in [1.807, 2.05) is 0 Å². The Kier molecular flexibility index (Phi) is 4.39. The zero-order valence-corrected chi connectivity index (χ0v) is 13.4. The first kappa shape index (κ1) is 15.6. The van der Waals surface area contributed by atoms with Crippen molar-refractivity contribution in [3.05, 3.63) is 47.6 Å². The average Bonchev–Trinajstić information content (AvgIpc) is 3.17. The second-order valence-corrected chi connectivity index (χ2v) is 7.44. The molecule has 0 bridgehead atoms. The van der Waals surface area contributed by atoms with Crippen molar-refractivity contribution in [1.82, 2.24) is 25.2 Å². The number of halogens is 1. The Morgan fingerprint density at radius 1 is 1.22 bits per heavy atom. The van der Waals surface area contributed by atoms with E-state index in [4.69, 9.17) is 16.0 Å². The van der Waals surface area contributed by atoms with E-state index >= 15 is 0 Å². The first-order valence-corrected chi connectivity index (χ1v) is 8.83. The summed E-state index contributed by atoms with van der Waals surface area (Å²) in [5.41, 5.74) is 1.08. The van der Waals surface area contributed by atoms with E-state index in [0.717, 1.165) is 5.56 Å². The topological polar surface area (TPSA) is 104 Å². The van der Waals surface area contributed by atoms with E-state index in [9.17, 15) is 8.42 Å². The lowest BCUT2D eigenvalue weighted by Crippen LogP contribution is -2.15. The van der Waals surface area contributed by atoms with E-state index in [1.54, 1.807) is 24.3 Å². The third-order valence-electron chi connectivity index (χ3n) is 3.03. The number of sulfone groups is 1. The Labute approximate surface area is 137 Å². The number of hydrogen-bond acceptors (Lipinski definition) is 7. The van der Waals surface area contributed by atoms with Gasteiger partial charge in [0.2, 0.25) is 5.89 Å². The number of aromatic nitrogens is 5. The number of hydrogen-bond donors (Lipinski definition) is 0. The number of oxazole rings is 1. The van der Waals surface area contributed by atoms with Crippen LogP contribution in [-0.4, -0.2) is 39.4 Å². The summed E-state index contributed by atoms with van der Waals surface area (Å²) in [7, 11) is -3.35. The second kappa shape index (κ2) is 6.47. The Morgan fingerprint density at radius 2 is 2.00 bits per heavy atom. The fraction of sp³-hybridized carbons (Fsp3) is 0.231. The number of benzene rings is 1. The molecule has 0 unspecified atom stereocenters. The van der Waals surface area contributed by atoms with Crippen molar-refractivity contribution in [2.75, 3.05) is 5.75 Å². The molecule has 0 amide bonds. The van der Waals surface area contributed by atoms with Gasteiger partial charge >= 0.3 is 0 Å². The maximum absolute atomic E-state index is 12.1. The minimum atomic E-state index is -3.35. The Balaban J connectivity index is 1.67. The molecule has 3 rings (SSSR count). The van der Waals surface area contributed by atoms with E-state index in [0.29, 0.717) is 16.6 Å². The second-order valence-electron chi connectivity index (χ2n) is 4.82. The van der Waals surface area contributed by atoms with Gasteiger partial charge in [0.15, 0.2) is 9.84 Å². The monoisotopic (exact) mass is 353 g/mol. The lowest BCUT2D eigenvalue weighted by Gasteiger charge is -2.01. The first-order valence-electron chi connectivity index (χ1n) is 6.63. The summed E-state index contributed by atoms with van der Waals surface area (Å²) in [6, 6.07) is 6.93. The van der Waals surface area contributed by atoms with Crippen LogP contribution in [0.1, 0.15) is 5.69 Å². The summed E-state index contributed by atoms with van der Waals surface area (Å²) in [5, 5.41) is 11.1. The molecule has 0 aliphatic carbocycles. The highest BCUT2D eigenvalue weighted by Crippen LogP contribution is 2.21. The van der Waals surface area contributed by atoms with Crippen molar-refractivity contribution in [2.45, 2.75) is 12.3 Å². The van der Waals surface area contributed by atoms with Crippen LogP contribution in [0.15, 0.2) is 41.3 Å². The fourth-order valence-corrected chi connectivity index (χ4v) is 3.23. The predicted octanol–water partition coefficient (Wildman–Crippen LogP) is 1.60. The van der Waals surface area contributed by atoms with Crippen LogP contribution in [-0.2, 0) is 22.1 Å². The van der Waals surface area contributed by atoms with Crippen molar-refractivity contribution in [1.29, 1.82) is 0 Å². The smallest absolute Gasteiger partial charge is 0.226 e. The zero-order chi connectivity index (χ0) is 16.3. The molecule has 2 aromatic heterocycles. The van der Waals surface area contributed by atoms with E-state index < -0.39 is 9.84 Å². The first-order chi connectivity index (χ1) is 11.0. The highest BCUT2D eigenvalue weighted by Gasteiger charge is 2.16. The van der Waals surface area contributed by atoms with Gasteiger partial charge in [-0.1, -0.05) is 11.6 Å². The van der Waals surface area contributed by atoms with Crippen LogP contribution in [0.2, 0.25) is 5.02 Å². The van der Waals surface area contributed by atoms with Gasteiger partial charge in [0.25, 0.3) is 0 Å². The molecule has 0 radical (unpaired) electrons. The average molecular weight is 354 g/mol. The van der Waals surface area contributed by atoms with Crippen LogP contribution in [0.25, 0.3) is 11.5 Å². The van der Waals surface area contributed by atoms with Crippen molar-refractivity contribution in [3.63, 3.8) is 0 Å². The van der Waals surface area contributed by atoms with Crippen molar-refractivity contribution < 1.29 is 12.8 Å². The summed E-state index contributed by atoms with van der Waals surface area (Å²) < 4.78 is 30.9. The molecule has 0 aliphatic rings. The van der Waals surface area contributed by atoms with Gasteiger partial charge in [-0.2, -0.15) is 0 Å². The van der Waals surface area contributed by atoms with Crippen molar-refractivity contribution in [3.8, 4) is 11.5 Å². The molecule has 2 heterocycles. The quantitative estimate of drug-likeness (QED) is 0.662. The maximum atomic E-state index is 12.1. The van der Waals surface area contributed by atoms with Crippen LogP contribution in [0.3, 0.4) is 0 Å². The minimum Gasteiger partial charge on any atom is -0.444 e. The third kappa shape index (κ3) is 4.14. The molecular formula is C13H12ClN5O3S. The summed E-state index contributed by atoms with van der Waals surface area (Å²) in [5.74, 6) is 0.0697. The largest absolute Gasteiger partial charge is 0.444 e. The lowest BCUT2D eigenvalue weighted by molar-refractivity contribution is 0.568. The van der Waals surface area contributed by atoms with Crippen LogP contribution in [0.4, 0.5) is 0 Å². The molecule has 3 aromatic rings. The number of tetrazole rings is 1. The molecule has 23 heavy (non-hydrogen) atoms. The van der Waals surface area contributed by atoms with Gasteiger partial charge in [-0.15, -0.1) is 5.10 Å². The van der Waals surface area contributed by atoms with E-state index in [-0.39, 0.29) is 18.1 Å². The van der Waals surface area contributed by atoms with Gasteiger partial charge < -0.3 is 4.42 Å². The fourth-order valence-electron chi connectivity index (χ4n) is 1.91. The summed E-state index contributed by atoms with van der Waals surface area (Å²) in [6.07, 6.45) is 2.71. The number of aryl methyl sites for hydroxylation is 1. The van der Waals surface area contributed by atoms with Gasteiger partial charge in [-0.25, -0.2) is 18.1 Å². The molecule has 10 heteroatoms. The summed E-state index contributed by atoms with van der Waals surface area (Å²) >= 11 is 5.82. The van der Waals surface area contributed by atoms with Gasteiger partial charge in [-0.3, -0.25) is 0 Å². The zero-order valence-electron chi connectivity index (χ0n) is 11.8. The van der Waals surface area contributed by atoms with Crippen LogP contribution < -0.4 is 0 Å². The molecule has 0 spiro atoms. The SMILES string of the molecule is O=S(=O)(CCn1cnnn1)Cc1coc(-c2ccc(Cl)cc2)n1. The third-order valence-corrected chi connectivity index (χ3v) is 4.83. The molecule has 8 nitrogen and oxygen atoms in total. The molecule has 0 saturated heterocycles. The standard InChI is InChI=1S/C13H12ClN5O3S/c14-11-3-1-10(2-4-11)13-16-12(7-22-13)8-23(20,21)6-5-19-9-15-17-18-19/h1-4,7,9H,5-6,8H2. The lowest BCUT2D eigenvalue weighted by atomic mass is 10.2. The molecule has 0 fully saturated rings.